The van der Waals surface area contributed by atoms with E-state index in [1.807, 2.05) is 64.0 Å². The fourth-order valence-electron chi connectivity index (χ4n) is 2.91. The molecule has 0 aliphatic rings. The minimum Gasteiger partial charge on any atom is -0.378 e. The molecule has 6 nitrogen and oxygen atoms in total. The molecule has 0 atom stereocenters. The predicted octanol–water partition coefficient (Wildman–Crippen LogP) is 3.09. The molecule has 0 heterocycles. The summed E-state index contributed by atoms with van der Waals surface area (Å²) in [6, 6.07) is 13.1. The zero-order chi connectivity index (χ0) is 21.6. The molecule has 0 aromatic heterocycles. The third kappa shape index (κ3) is 6.30. The first-order chi connectivity index (χ1) is 13.6. The van der Waals surface area contributed by atoms with Crippen molar-refractivity contribution in [2.75, 3.05) is 32.1 Å². The molecule has 2 rings (SSSR count). The third-order valence-corrected chi connectivity index (χ3v) is 6.44. The van der Waals surface area contributed by atoms with Crippen molar-refractivity contribution in [3.63, 3.8) is 0 Å². The average molecular weight is 418 g/mol. The largest absolute Gasteiger partial charge is 0.378 e. The number of aryl methyl sites for hydroxylation is 2. The van der Waals surface area contributed by atoms with Gasteiger partial charge in [0.15, 0.2) is 0 Å². The van der Waals surface area contributed by atoms with Gasteiger partial charge < -0.3 is 9.80 Å². The summed E-state index contributed by atoms with van der Waals surface area (Å²) in [6.45, 7) is 6.88. The molecular weight excluding hydrogens is 386 g/mol. The van der Waals surface area contributed by atoms with E-state index in [4.69, 9.17) is 0 Å². The minimum absolute atomic E-state index is 0.0736. The van der Waals surface area contributed by atoms with E-state index >= 15 is 0 Å². The van der Waals surface area contributed by atoms with Crippen LogP contribution in [-0.2, 0) is 21.4 Å². The zero-order valence-corrected chi connectivity index (χ0v) is 18.7. The van der Waals surface area contributed by atoms with Gasteiger partial charge in [-0.3, -0.25) is 4.79 Å². The second kappa shape index (κ2) is 9.89. The highest BCUT2D eigenvalue weighted by atomic mass is 32.2. The van der Waals surface area contributed by atoms with Gasteiger partial charge in [0.05, 0.1) is 4.90 Å². The van der Waals surface area contributed by atoms with E-state index in [9.17, 15) is 13.2 Å². The summed E-state index contributed by atoms with van der Waals surface area (Å²) in [5.41, 5.74) is 4.10. The Morgan fingerprint density at radius 1 is 1.00 bits per heavy atom. The monoisotopic (exact) mass is 417 g/mol. The van der Waals surface area contributed by atoms with Crippen molar-refractivity contribution in [2.45, 2.75) is 38.6 Å². The molecular formula is C22H31N3O3S. The molecule has 0 aliphatic carbocycles. The van der Waals surface area contributed by atoms with Gasteiger partial charge in [-0.05, 0) is 61.7 Å². The predicted molar refractivity (Wildman–Crippen MR) is 118 cm³/mol. The quantitative estimate of drug-likeness (QED) is 0.681. The number of carbonyl (C=O) groups excluding carboxylic acids is 1. The van der Waals surface area contributed by atoms with Crippen molar-refractivity contribution in [1.82, 2.24) is 9.62 Å². The van der Waals surface area contributed by atoms with Gasteiger partial charge in [-0.15, -0.1) is 0 Å². The summed E-state index contributed by atoms with van der Waals surface area (Å²) < 4.78 is 27.4. The molecule has 1 amide bonds. The summed E-state index contributed by atoms with van der Waals surface area (Å²) in [5.74, 6) is -0.0769. The molecule has 0 spiro atoms. The molecule has 0 fully saturated rings. The number of hydrogen-bond donors (Lipinski definition) is 1. The van der Waals surface area contributed by atoms with Crippen LogP contribution in [0.15, 0.2) is 47.4 Å². The van der Waals surface area contributed by atoms with Crippen LogP contribution in [0.4, 0.5) is 5.69 Å². The summed E-state index contributed by atoms with van der Waals surface area (Å²) in [5, 5.41) is 0. The first-order valence-corrected chi connectivity index (χ1v) is 11.2. The maximum Gasteiger partial charge on any atom is 0.240 e. The van der Waals surface area contributed by atoms with Crippen LogP contribution in [0.1, 0.15) is 30.0 Å². The van der Waals surface area contributed by atoms with Gasteiger partial charge >= 0.3 is 0 Å². The van der Waals surface area contributed by atoms with Crippen LogP contribution < -0.4 is 9.62 Å². The Kier molecular flexibility index (Phi) is 7.81. The van der Waals surface area contributed by atoms with Crippen molar-refractivity contribution in [2.24, 2.45) is 0 Å². The molecule has 0 saturated heterocycles. The molecule has 0 saturated carbocycles. The Hall–Kier alpha value is -2.38. The van der Waals surface area contributed by atoms with Crippen molar-refractivity contribution in [3.8, 4) is 0 Å². The Labute approximate surface area is 174 Å². The van der Waals surface area contributed by atoms with E-state index in [2.05, 4.69) is 4.72 Å². The van der Waals surface area contributed by atoms with E-state index in [0.29, 0.717) is 13.1 Å². The van der Waals surface area contributed by atoms with Gasteiger partial charge in [0, 0.05) is 45.8 Å². The van der Waals surface area contributed by atoms with E-state index < -0.39 is 10.0 Å². The number of benzene rings is 2. The number of rotatable bonds is 9. The fourth-order valence-corrected chi connectivity index (χ4v) is 4.03. The lowest BCUT2D eigenvalue weighted by Gasteiger charge is -2.22. The van der Waals surface area contributed by atoms with E-state index in [0.717, 1.165) is 22.4 Å². The molecule has 7 heteroatoms. The van der Waals surface area contributed by atoms with Crippen molar-refractivity contribution < 1.29 is 13.2 Å². The van der Waals surface area contributed by atoms with E-state index in [1.54, 1.807) is 23.1 Å². The average Bonchev–Trinajstić information content (AvgIpc) is 2.68. The molecule has 2 aromatic rings. The maximum atomic E-state index is 12.6. The highest BCUT2D eigenvalue weighted by Crippen LogP contribution is 2.16. The molecule has 2 aromatic carbocycles. The van der Waals surface area contributed by atoms with Crippen LogP contribution in [0, 0.1) is 13.8 Å². The van der Waals surface area contributed by atoms with Crippen LogP contribution in [0.2, 0.25) is 0 Å². The number of nitrogens with zero attached hydrogens (tertiary/aromatic N) is 2. The summed E-state index contributed by atoms with van der Waals surface area (Å²) in [7, 11) is 0.339. The van der Waals surface area contributed by atoms with Crippen molar-refractivity contribution in [3.05, 3.63) is 59.2 Å². The number of sulfonamides is 1. The molecule has 0 aliphatic heterocycles. The molecule has 0 bridgehead atoms. The molecule has 0 radical (unpaired) electrons. The summed E-state index contributed by atoms with van der Waals surface area (Å²) in [6.07, 6.45) is 0.119. The number of hydrogen-bond acceptors (Lipinski definition) is 4. The first-order valence-electron chi connectivity index (χ1n) is 9.75. The molecule has 0 unspecified atom stereocenters. The van der Waals surface area contributed by atoms with Gasteiger partial charge in [-0.1, -0.05) is 18.2 Å². The Bertz CT molecular complexity index is 938. The Morgan fingerprint density at radius 2 is 1.66 bits per heavy atom. The number of amides is 1. The van der Waals surface area contributed by atoms with Crippen LogP contribution in [-0.4, -0.2) is 46.4 Å². The van der Waals surface area contributed by atoms with E-state index in [1.165, 1.54) is 0 Å². The van der Waals surface area contributed by atoms with Gasteiger partial charge in [-0.2, -0.15) is 0 Å². The van der Waals surface area contributed by atoms with Gasteiger partial charge in [0.2, 0.25) is 15.9 Å². The van der Waals surface area contributed by atoms with Crippen LogP contribution in [0.5, 0.6) is 0 Å². The van der Waals surface area contributed by atoms with Crippen molar-refractivity contribution >= 4 is 21.6 Å². The molecule has 158 valence electrons. The normalized spacial score (nSPS) is 11.3. The lowest BCUT2D eigenvalue weighted by atomic mass is 10.1. The summed E-state index contributed by atoms with van der Waals surface area (Å²) >= 11 is 0. The van der Waals surface area contributed by atoms with Gasteiger partial charge in [-0.25, -0.2) is 13.1 Å². The summed E-state index contributed by atoms with van der Waals surface area (Å²) in [4.78, 5) is 16.5. The van der Waals surface area contributed by atoms with Crippen LogP contribution in [0.25, 0.3) is 0 Å². The van der Waals surface area contributed by atoms with Crippen LogP contribution in [0.3, 0.4) is 0 Å². The number of carbonyl (C=O) groups is 1. The first kappa shape index (κ1) is 22.9. The third-order valence-electron chi connectivity index (χ3n) is 4.98. The lowest BCUT2D eigenvalue weighted by Crippen LogP contribution is -2.34. The highest BCUT2D eigenvalue weighted by Gasteiger charge is 2.17. The number of anilines is 1. The highest BCUT2D eigenvalue weighted by molar-refractivity contribution is 7.89. The fraction of sp³-hybridized carbons (Fsp3) is 0.409. The number of nitrogens with one attached hydrogen (secondary N) is 1. The smallest absolute Gasteiger partial charge is 0.240 e. The minimum atomic E-state index is -3.62. The van der Waals surface area contributed by atoms with Gasteiger partial charge in [0.25, 0.3) is 0 Å². The standard InChI is InChI=1S/C22H31N3O3S/c1-6-25(16-19-8-10-20(11-9-19)24(4)5)22(26)13-14-23-29(27,28)21-12-7-17(2)18(3)15-21/h7-12,15,23H,6,13-14,16H2,1-5H3. The lowest BCUT2D eigenvalue weighted by molar-refractivity contribution is -0.131. The molecule has 29 heavy (non-hydrogen) atoms. The maximum absolute atomic E-state index is 12.6. The zero-order valence-electron chi connectivity index (χ0n) is 17.9. The van der Waals surface area contributed by atoms with Crippen LogP contribution >= 0.6 is 0 Å². The van der Waals surface area contributed by atoms with E-state index in [-0.39, 0.29) is 23.8 Å². The molecule has 1 N–H and O–H groups in total. The van der Waals surface area contributed by atoms with Gasteiger partial charge in [0.1, 0.15) is 0 Å². The van der Waals surface area contributed by atoms with Crippen molar-refractivity contribution in [1.29, 1.82) is 0 Å². The SMILES string of the molecule is CCN(Cc1ccc(N(C)C)cc1)C(=O)CCNS(=O)(=O)c1ccc(C)c(C)c1. The second-order valence-corrected chi connectivity index (χ2v) is 9.13. The Balaban J connectivity index is 1.93. The topological polar surface area (TPSA) is 69.7 Å². The second-order valence-electron chi connectivity index (χ2n) is 7.36. The Morgan fingerprint density at radius 3 is 2.21 bits per heavy atom.